The summed E-state index contributed by atoms with van der Waals surface area (Å²) in [7, 11) is 0. The highest BCUT2D eigenvalue weighted by Gasteiger charge is 2.17. The summed E-state index contributed by atoms with van der Waals surface area (Å²) < 4.78 is 0. The standard InChI is InChI=1S/C12H22N2O3/c1-9(8-15)13-11(16)6-7-12(17)14-10-4-2-3-5-10/h9-10,15H,2-8H2,1H3,(H,13,16)(H,14,17). The molecule has 1 fully saturated rings. The summed E-state index contributed by atoms with van der Waals surface area (Å²) in [6, 6.07) is 0.0577. The summed E-state index contributed by atoms with van der Waals surface area (Å²) in [5.74, 6) is -0.239. The number of amides is 2. The van der Waals surface area contributed by atoms with E-state index in [9.17, 15) is 9.59 Å². The Kier molecular flexibility index (Phi) is 5.97. The molecule has 17 heavy (non-hydrogen) atoms. The molecule has 0 saturated heterocycles. The van der Waals surface area contributed by atoms with Gasteiger partial charge in [0.1, 0.15) is 0 Å². The van der Waals surface area contributed by atoms with E-state index in [-0.39, 0.29) is 37.3 Å². The molecule has 5 heteroatoms. The Hall–Kier alpha value is -1.10. The van der Waals surface area contributed by atoms with E-state index in [0.717, 1.165) is 12.8 Å². The van der Waals surface area contributed by atoms with Crippen LogP contribution in [0, 0.1) is 0 Å². The predicted octanol–water partition coefficient (Wildman–Crippen LogP) is 0.322. The molecular weight excluding hydrogens is 220 g/mol. The molecule has 0 aliphatic heterocycles. The van der Waals surface area contributed by atoms with E-state index < -0.39 is 0 Å². The van der Waals surface area contributed by atoms with Crippen LogP contribution in [0.5, 0.6) is 0 Å². The molecule has 5 nitrogen and oxygen atoms in total. The largest absolute Gasteiger partial charge is 0.394 e. The molecule has 0 radical (unpaired) electrons. The van der Waals surface area contributed by atoms with Gasteiger partial charge in [0.05, 0.1) is 6.61 Å². The first-order chi connectivity index (χ1) is 8.11. The molecule has 1 unspecified atom stereocenters. The van der Waals surface area contributed by atoms with Gasteiger partial charge in [-0.1, -0.05) is 12.8 Å². The fourth-order valence-electron chi connectivity index (χ4n) is 1.99. The lowest BCUT2D eigenvalue weighted by Crippen LogP contribution is -2.37. The summed E-state index contributed by atoms with van der Waals surface area (Å²) in [5.41, 5.74) is 0. The lowest BCUT2D eigenvalue weighted by molar-refractivity contribution is -0.127. The molecule has 3 N–H and O–H groups in total. The number of aliphatic hydroxyl groups is 1. The zero-order valence-electron chi connectivity index (χ0n) is 10.4. The van der Waals surface area contributed by atoms with Crippen LogP contribution in [0.4, 0.5) is 0 Å². The van der Waals surface area contributed by atoms with Crippen molar-refractivity contribution in [1.82, 2.24) is 10.6 Å². The predicted molar refractivity (Wildman–Crippen MR) is 64.3 cm³/mol. The quantitative estimate of drug-likeness (QED) is 0.628. The second-order valence-corrected chi connectivity index (χ2v) is 4.70. The summed E-state index contributed by atoms with van der Waals surface area (Å²) >= 11 is 0. The normalized spacial score (nSPS) is 17.8. The van der Waals surface area contributed by atoms with E-state index in [2.05, 4.69) is 10.6 Å². The smallest absolute Gasteiger partial charge is 0.220 e. The third-order valence-corrected chi connectivity index (χ3v) is 2.98. The van der Waals surface area contributed by atoms with Gasteiger partial charge >= 0.3 is 0 Å². The molecule has 0 spiro atoms. The van der Waals surface area contributed by atoms with Crippen molar-refractivity contribution >= 4 is 11.8 Å². The second kappa shape index (κ2) is 7.27. The van der Waals surface area contributed by atoms with E-state index in [0.29, 0.717) is 6.04 Å². The molecule has 1 saturated carbocycles. The average molecular weight is 242 g/mol. The second-order valence-electron chi connectivity index (χ2n) is 4.70. The maximum Gasteiger partial charge on any atom is 0.220 e. The summed E-state index contributed by atoms with van der Waals surface area (Å²) in [4.78, 5) is 22.9. The zero-order chi connectivity index (χ0) is 12.7. The maximum absolute atomic E-state index is 11.5. The summed E-state index contributed by atoms with van der Waals surface area (Å²) in [6.45, 7) is 1.64. The molecule has 0 bridgehead atoms. The van der Waals surface area contributed by atoms with Gasteiger partial charge < -0.3 is 15.7 Å². The molecule has 98 valence electrons. The van der Waals surface area contributed by atoms with E-state index in [4.69, 9.17) is 5.11 Å². The van der Waals surface area contributed by atoms with Crippen molar-refractivity contribution in [2.24, 2.45) is 0 Å². The highest BCUT2D eigenvalue weighted by molar-refractivity contribution is 5.83. The molecular formula is C12H22N2O3. The number of hydrogen-bond donors (Lipinski definition) is 3. The van der Waals surface area contributed by atoms with E-state index in [1.807, 2.05) is 0 Å². The van der Waals surface area contributed by atoms with Crippen molar-refractivity contribution in [2.75, 3.05) is 6.61 Å². The lowest BCUT2D eigenvalue weighted by atomic mass is 10.2. The number of nitrogens with one attached hydrogen (secondary N) is 2. The first-order valence-electron chi connectivity index (χ1n) is 6.31. The molecule has 0 heterocycles. The Bertz CT molecular complexity index is 262. The van der Waals surface area contributed by atoms with E-state index in [1.165, 1.54) is 12.8 Å². The Morgan fingerprint density at radius 2 is 1.82 bits per heavy atom. The molecule has 0 aromatic heterocycles. The highest BCUT2D eigenvalue weighted by atomic mass is 16.3. The Labute approximate surface area is 102 Å². The summed E-state index contributed by atoms with van der Waals surface area (Å²) in [6.07, 6.45) is 4.88. The first-order valence-corrected chi connectivity index (χ1v) is 6.31. The van der Waals surface area contributed by atoms with Crippen LogP contribution >= 0.6 is 0 Å². The van der Waals surface area contributed by atoms with Crippen molar-refractivity contribution < 1.29 is 14.7 Å². The van der Waals surface area contributed by atoms with Gasteiger partial charge in [-0.15, -0.1) is 0 Å². The maximum atomic E-state index is 11.5. The monoisotopic (exact) mass is 242 g/mol. The van der Waals surface area contributed by atoms with Gasteiger partial charge in [0, 0.05) is 24.9 Å². The minimum Gasteiger partial charge on any atom is -0.394 e. The van der Waals surface area contributed by atoms with Gasteiger partial charge in [-0.05, 0) is 19.8 Å². The van der Waals surface area contributed by atoms with Crippen LogP contribution < -0.4 is 10.6 Å². The number of aliphatic hydroxyl groups excluding tert-OH is 1. The van der Waals surface area contributed by atoms with Crippen LogP contribution in [0.3, 0.4) is 0 Å². The van der Waals surface area contributed by atoms with Crippen LogP contribution in [-0.4, -0.2) is 35.6 Å². The van der Waals surface area contributed by atoms with Crippen LogP contribution in [0.2, 0.25) is 0 Å². The Morgan fingerprint density at radius 3 is 2.41 bits per heavy atom. The van der Waals surface area contributed by atoms with Gasteiger partial charge in [-0.2, -0.15) is 0 Å². The molecule has 0 aromatic carbocycles. The van der Waals surface area contributed by atoms with Crippen molar-refractivity contribution in [2.45, 2.75) is 57.5 Å². The fraction of sp³-hybridized carbons (Fsp3) is 0.833. The number of rotatable bonds is 6. The molecule has 1 aliphatic carbocycles. The minimum atomic E-state index is -0.250. The third-order valence-electron chi connectivity index (χ3n) is 2.98. The summed E-state index contributed by atoms with van der Waals surface area (Å²) in [5, 5.41) is 14.3. The average Bonchev–Trinajstić information content (AvgIpc) is 2.79. The van der Waals surface area contributed by atoms with Crippen molar-refractivity contribution in [3.63, 3.8) is 0 Å². The number of hydrogen-bond acceptors (Lipinski definition) is 3. The van der Waals surface area contributed by atoms with E-state index in [1.54, 1.807) is 6.92 Å². The van der Waals surface area contributed by atoms with Crippen molar-refractivity contribution in [3.05, 3.63) is 0 Å². The highest BCUT2D eigenvalue weighted by Crippen LogP contribution is 2.17. The van der Waals surface area contributed by atoms with Gasteiger partial charge in [-0.25, -0.2) is 0 Å². The third kappa shape index (κ3) is 5.68. The van der Waals surface area contributed by atoms with E-state index >= 15 is 0 Å². The first kappa shape index (κ1) is 14.0. The van der Waals surface area contributed by atoms with Crippen LogP contribution in [0.15, 0.2) is 0 Å². The van der Waals surface area contributed by atoms with Gasteiger partial charge in [0.2, 0.25) is 11.8 Å². The fourth-order valence-corrected chi connectivity index (χ4v) is 1.99. The molecule has 0 aromatic rings. The van der Waals surface area contributed by atoms with Crippen LogP contribution in [0.1, 0.15) is 45.4 Å². The number of carbonyl (C=O) groups excluding carboxylic acids is 2. The molecule has 1 atom stereocenters. The number of carbonyl (C=O) groups is 2. The molecule has 2 amide bonds. The topological polar surface area (TPSA) is 78.4 Å². The van der Waals surface area contributed by atoms with Gasteiger partial charge in [0.25, 0.3) is 0 Å². The lowest BCUT2D eigenvalue weighted by Gasteiger charge is -2.13. The Balaban J connectivity index is 2.12. The minimum absolute atomic E-state index is 0.0521. The van der Waals surface area contributed by atoms with Crippen LogP contribution in [0.25, 0.3) is 0 Å². The SMILES string of the molecule is CC(CO)NC(=O)CCC(=O)NC1CCCC1. The van der Waals surface area contributed by atoms with Gasteiger partial charge in [-0.3, -0.25) is 9.59 Å². The molecule has 1 aliphatic rings. The van der Waals surface area contributed by atoms with Crippen molar-refractivity contribution in [3.8, 4) is 0 Å². The zero-order valence-corrected chi connectivity index (χ0v) is 10.4. The Morgan fingerprint density at radius 1 is 1.24 bits per heavy atom. The van der Waals surface area contributed by atoms with Crippen LogP contribution in [-0.2, 0) is 9.59 Å². The molecule has 1 rings (SSSR count). The van der Waals surface area contributed by atoms with Crippen molar-refractivity contribution in [1.29, 1.82) is 0 Å². The van der Waals surface area contributed by atoms with Gasteiger partial charge in [0.15, 0.2) is 0 Å².